The monoisotopic (exact) mass is 338 g/mol. The smallest absolute Gasteiger partial charge is 0.126 e. The quantitative estimate of drug-likeness (QED) is 0.905. The standard InChI is InChI=1S/C16H16BrFO2/c1-10-7-11(3-5-14(10)18)15(19)9-12-8-13(17)4-6-16(12)20-2/h3-8,15,19H,9H2,1-2H3. The van der Waals surface area contributed by atoms with E-state index >= 15 is 0 Å². The number of rotatable bonds is 4. The molecule has 0 aliphatic carbocycles. The summed E-state index contributed by atoms with van der Waals surface area (Å²) in [6.07, 6.45) is -0.286. The van der Waals surface area contributed by atoms with Crippen molar-refractivity contribution < 1.29 is 14.2 Å². The third-order valence-corrected chi connectivity index (χ3v) is 3.72. The molecule has 0 aliphatic heterocycles. The minimum absolute atomic E-state index is 0.263. The highest BCUT2D eigenvalue weighted by molar-refractivity contribution is 9.10. The molecular weight excluding hydrogens is 323 g/mol. The van der Waals surface area contributed by atoms with E-state index in [1.165, 1.54) is 6.07 Å². The molecular formula is C16H16BrFO2. The Balaban J connectivity index is 2.24. The zero-order valence-corrected chi connectivity index (χ0v) is 12.9. The normalized spacial score (nSPS) is 12.2. The van der Waals surface area contributed by atoms with Crippen molar-refractivity contribution in [2.75, 3.05) is 7.11 Å². The average Bonchev–Trinajstić information content (AvgIpc) is 2.42. The fraction of sp³-hybridized carbons (Fsp3) is 0.250. The fourth-order valence-electron chi connectivity index (χ4n) is 2.11. The summed E-state index contributed by atoms with van der Waals surface area (Å²) < 4.78 is 19.5. The van der Waals surface area contributed by atoms with Crippen LogP contribution in [-0.2, 0) is 6.42 Å². The second-order valence-electron chi connectivity index (χ2n) is 4.68. The summed E-state index contributed by atoms with van der Waals surface area (Å²) in [5.74, 6) is 0.465. The molecule has 1 unspecified atom stereocenters. The van der Waals surface area contributed by atoms with Crippen molar-refractivity contribution >= 4 is 15.9 Å². The van der Waals surface area contributed by atoms with Gasteiger partial charge in [0.15, 0.2) is 0 Å². The van der Waals surface area contributed by atoms with Crippen molar-refractivity contribution in [3.05, 3.63) is 63.4 Å². The molecule has 1 N–H and O–H groups in total. The van der Waals surface area contributed by atoms with Gasteiger partial charge in [0, 0.05) is 10.9 Å². The Kier molecular flexibility index (Phi) is 4.78. The number of benzene rings is 2. The molecule has 0 amide bonds. The van der Waals surface area contributed by atoms with Gasteiger partial charge in [-0.3, -0.25) is 0 Å². The van der Waals surface area contributed by atoms with Crippen LogP contribution < -0.4 is 4.74 Å². The van der Waals surface area contributed by atoms with Gasteiger partial charge in [-0.05, 0) is 47.9 Å². The molecule has 2 aromatic rings. The number of aliphatic hydroxyl groups excluding tert-OH is 1. The fourth-order valence-corrected chi connectivity index (χ4v) is 2.52. The highest BCUT2D eigenvalue weighted by atomic mass is 79.9. The van der Waals surface area contributed by atoms with Crippen molar-refractivity contribution in [1.29, 1.82) is 0 Å². The summed E-state index contributed by atoms with van der Waals surface area (Å²) in [6, 6.07) is 10.3. The first-order chi connectivity index (χ1) is 9.51. The van der Waals surface area contributed by atoms with E-state index in [9.17, 15) is 9.50 Å². The van der Waals surface area contributed by atoms with Crippen molar-refractivity contribution in [2.24, 2.45) is 0 Å². The first kappa shape index (κ1) is 15.0. The van der Waals surface area contributed by atoms with Crippen LogP contribution in [0.4, 0.5) is 4.39 Å². The van der Waals surface area contributed by atoms with Crippen molar-refractivity contribution in [1.82, 2.24) is 0 Å². The van der Waals surface area contributed by atoms with Crippen LogP contribution in [-0.4, -0.2) is 12.2 Å². The van der Waals surface area contributed by atoms with E-state index in [1.54, 1.807) is 26.2 Å². The Labute approximate surface area is 126 Å². The molecule has 106 valence electrons. The molecule has 2 rings (SSSR count). The summed E-state index contributed by atoms with van der Waals surface area (Å²) in [5.41, 5.74) is 2.13. The second-order valence-corrected chi connectivity index (χ2v) is 5.60. The van der Waals surface area contributed by atoms with Crippen LogP contribution in [0.15, 0.2) is 40.9 Å². The molecule has 20 heavy (non-hydrogen) atoms. The molecule has 0 fully saturated rings. The van der Waals surface area contributed by atoms with Gasteiger partial charge in [-0.1, -0.05) is 28.1 Å². The van der Waals surface area contributed by atoms with Crippen molar-refractivity contribution in [3.63, 3.8) is 0 Å². The van der Waals surface area contributed by atoms with E-state index in [0.717, 1.165) is 15.8 Å². The van der Waals surface area contributed by atoms with Crippen LogP contribution in [0.1, 0.15) is 22.8 Å². The Morgan fingerprint density at radius 3 is 2.65 bits per heavy atom. The highest BCUT2D eigenvalue weighted by Gasteiger charge is 2.13. The zero-order valence-electron chi connectivity index (χ0n) is 11.4. The van der Waals surface area contributed by atoms with Crippen LogP contribution in [0.2, 0.25) is 0 Å². The highest BCUT2D eigenvalue weighted by Crippen LogP contribution is 2.28. The maximum atomic E-state index is 13.3. The van der Waals surface area contributed by atoms with Crippen LogP contribution in [0, 0.1) is 12.7 Å². The average molecular weight is 339 g/mol. The lowest BCUT2D eigenvalue weighted by atomic mass is 9.99. The molecule has 0 saturated carbocycles. The zero-order chi connectivity index (χ0) is 14.7. The van der Waals surface area contributed by atoms with Crippen LogP contribution in [0.5, 0.6) is 5.75 Å². The second kappa shape index (κ2) is 6.37. The predicted octanol–water partition coefficient (Wildman–Crippen LogP) is 4.18. The Morgan fingerprint density at radius 1 is 1.25 bits per heavy atom. The van der Waals surface area contributed by atoms with Crippen LogP contribution in [0.3, 0.4) is 0 Å². The van der Waals surface area contributed by atoms with Crippen LogP contribution >= 0.6 is 15.9 Å². The summed E-state index contributed by atoms with van der Waals surface area (Å²) in [5, 5.41) is 10.3. The molecule has 2 aromatic carbocycles. The van der Waals surface area contributed by atoms with Gasteiger partial charge in [-0.25, -0.2) is 4.39 Å². The number of ether oxygens (including phenoxy) is 1. The maximum Gasteiger partial charge on any atom is 0.126 e. The van der Waals surface area contributed by atoms with Gasteiger partial charge in [0.25, 0.3) is 0 Å². The molecule has 0 saturated heterocycles. The first-order valence-corrected chi connectivity index (χ1v) is 7.07. The predicted molar refractivity (Wildman–Crippen MR) is 80.5 cm³/mol. The Hall–Kier alpha value is -1.39. The molecule has 0 aliphatic rings. The lowest BCUT2D eigenvalue weighted by Gasteiger charge is -2.15. The lowest BCUT2D eigenvalue weighted by molar-refractivity contribution is 0.177. The van der Waals surface area contributed by atoms with E-state index in [4.69, 9.17) is 4.74 Å². The number of halogens is 2. The minimum atomic E-state index is -0.697. The van der Waals surface area contributed by atoms with Crippen LogP contribution in [0.25, 0.3) is 0 Å². The van der Waals surface area contributed by atoms with Gasteiger partial charge in [0.05, 0.1) is 13.2 Å². The number of hydrogen-bond acceptors (Lipinski definition) is 2. The Morgan fingerprint density at radius 2 is 2.00 bits per heavy atom. The number of aryl methyl sites for hydroxylation is 1. The number of hydrogen-bond donors (Lipinski definition) is 1. The molecule has 2 nitrogen and oxygen atoms in total. The lowest BCUT2D eigenvalue weighted by Crippen LogP contribution is -2.04. The SMILES string of the molecule is COc1ccc(Br)cc1CC(O)c1ccc(F)c(C)c1. The van der Waals surface area contributed by atoms with E-state index in [2.05, 4.69) is 15.9 Å². The van der Waals surface area contributed by atoms with Gasteiger partial charge >= 0.3 is 0 Å². The molecule has 1 atom stereocenters. The molecule has 0 bridgehead atoms. The molecule has 0 aromatic heterocycles. The van der Waals surface area contributed by atoms with Crippen molar-refractivity contribution in [2.45, 2.75) is 19.4 Å². The van der Waals surface area contributed by atoms with Gasteiger partial charge in [-0.15, -0.1) is 0 Å². The summed E-state index contributed by atoms with van der Waals surface area (Å²) in [6.45, 7) is 1.69. The molecule has 0 heterocycles. The van der Waals surface area contributed by atoms with E-state index < -0.39 is 6.10 Å². The number of aliphatic hydroxyl groups is 1. The van der Waals surface area contributed by atoms with Gasteiger partial charge in [0.2, 0.25) is 0 Å². The van der Waals surface area contributed by atoms with Crippen molar-refractivity contribution in [3.8, 4) is 5.75 Å². The van der Waals surface area contributed by atoms with E-state index in [-0.39, 0.29) is 5.82 Å². The maximum absolute atomic E-state index is 13.3. The number of methoxy groups -OCH3 is 1. The minimum Gasteiger partial charge on any atom is -0.496 e. The molecule has 0 spiro atoms. The molecule has 4 heteroatoms. The topological polar surface area (TPSA) is 29.5 Å². The summed E-state index contributed by atoms with van der Waals surface area (Å²) in [7, 11) is 1.60. The van der Waals surface area contributed by atoms with Gasteiger partial charge < -0.3 is 9.84 Å². The Bertz CT molecular complexity index is 613. The third-order valence-electron chi connectivity index (χ3n) is 3.22. The third kappa shape index (κ3) is 3.38. The van der Waals surface area contributed by atoms with Gasteiger partial charge in [-0.2, -0.15) is 0 Å². The van der Waals surface area contributed by atoms with E-state index in [1.807, 2.05) is 18.2 Å². The van der Waals surface area contributed by atoms with Gasteiger partial charge in [0.1, 0.15) is 11.6 Å². The molecule has 0 radical (unpaired) electrons. The summed E-state index contributed by atoms with van der Waals surface area (Å²) >= 11 is 3.41. The summed E-state index contributed by atoms with van der Waals surface area (Å²) in [4.78, 5) is 0. The first-order valence-electron chi connectivity index (χ1n) is 6.28. The van der Waals surface area contributed by atoms with E-state index in [0.29, 0.717) is 17.5 Å². The largest absolute Gasteiger partial charge is 0.496 e.